The van der Waals surface area contributed by atoms with Crippen LogP contribution in [0.1, 0.15) is 30.5 Å². The summed E-state index contributed by atoms with van der Waals surface area (Å²) in [5.74, 6) is 1.16. The highest BCUT2D eigenvalue weighted by Gasteiger charge is 2.16. The second kappa shape index (κ2) is 10.4. The molecule has 1 aromatic carbocycles. The first-order chi connectivity index (χ1) is 12.9. The summed E-state index contributed by atoms with van der Waals surface area (Å²) in [6.07, 6.45) is 6.23. The monoisotopic (exact) mass is 386 g/mol. The van der Waals surface area contributed by atoms with Crippen LogP contribution in [0.15, 0.2) is 48.1 Å². The van der Waals surface area contributed by atoms with Crippen LogP contribution in [0.25, 0.3) is 6.08 Å². The minimum Gasteiger partial charge on any atom is -0.497 e. The van der Waals surface area contributed by atoms with Crippen molar-refractivity contribution in [2.45, 2.75) is 38.8 Å². The van der Waals surface area contributed by atoms with E-state index in [1.54, 1.807) is 11.8 Å². The number of fused-ring (bicyclic) bond motifs is 1. The van der Waals surface area contributed by atoms with Crippen molar-refractivity contribution in [3.63, 3.8) is 0 Å². The number of ether oxygens (including phenoxy) is 1. The third kappa shape index (κ3) is 6.60. The Morgan fingerprint density at radius 2 is 2.19 bits per heavy atom. The molecule has 2 unspecified atom stereocenters. The van der Waals surface area contributed by atoms with Gasteiger partial charge in [-0.15, -0.1) is 11.8 Å². The number of hydrogen-bond donors (Lipinski definition) is 2. The van der Waals surface area contributed by atoms with E-state index >= 15 is 0 Å². The van der Waals surface area contributed by atoms with Crippen LogP contribution in [-0.4, -0.2) is 37.4 Å². The number of carbonyl (C=O) groups is 1. The number of hydrogen-bond acceptors (Lipinski definition) is 4. The van der Waals surface area contributed by atoms with Crippen molar-refractivity contribution in [2.75, 3.05) is 19.4 Å². The van der Waals surface area contributed by atoms with Crippen LogP contribution in [0.4, 0.5) is 0 Å². The van der Waals surface area contributed by atoms with E-state index in [4.69, 9.17) is 4.74 Å². The molecule has 1 aliphatic carbocycles. The quantitative estimate of drug-likeness (QED) is 0.602. The van der Waals surface area contributed by atoms with Gasteiger partial charge < -0.3 is 15.4 Å². The van der Waals surface area contributed by atoms with Crippen molar-refractivity contribution in [3.8, 4) is 0 Å². The molecule has 0 spiro atoms. The highest BCUT2D eigenvalue weighted by atomic mass is 32.2. The van der Waals surface area contributed by atoms with Gasteiger partial charge in [0.25, 0.3) is 0 Å². The molecule has 1 amide bonds. The molecule has 2 N–H and O–H groups in total. The fraction of sp³-hybridized carbons (Fsp3) is 0.409. The van der Waals surface area contributed by atoms with Gasteiger partial charge in [0.2, 0.25) is 5.91 Å². The first-order valence-electron chi connectivity index (χ1n) is 9.29. The molecule has 0 saturated carbocycles. The maximum absolute atomic E-state index is 11.4. The van der Waals surface area contributed by atoms with E-state index in [0.29, 0.717) is 24.2 Å². The summed E-state index contributed by atoms with van der Waals surface area (Å²) in [4.78, 5) is 12.5. The summed E-state index contributed by atoms with van der Waals surface area (Å²) in [5.41, 5.74) is 3.91. The molecule has 1 aromatic rings. The number of likely N-dealkylation sites (N-methyl/N-ethyl adjacent to an activating group) is 1. The van der Waals surface area contributed by atoms with Gasteiger partial charge in [0.1, 0.15) is 5.76 Å². The lowest BCUT2D eigenvalue weighted by atomic mass is 9.92. The number of carbonyl (C=O) groups excluding carboxylic acids is 1. The van der Waals surface area contributed by atoms with E-state index in [9.17, 15) is 4.79 Å². The lowest BCUT2D eigenvalue weighted by Gasteiger charge is -2.21. The van der Waals surface area contributed by atoms with Crippen LogP contribution in [0.5, 0.6) is 0 Å². The molecule has 0 aromatic heterocycles. The van der Waals surface area contributed by atoms with Gasteiger partial charge in [-0.05, 0) is 42.0 Å². The topological polar surface area (TPSA) is 50.4 Å². The van der Waals surface area contributed by atoms with E-state index < -0.39 is 0 Å². The Bertz CT molecular complexity index is 727. The molecule has 0 radical (unpaired) electrons. The third-order valence-corrected chi connectivity index (χ3v) is 5.53. The zero-order valence-electron chi connectivity index (χ0n) is 16.5. The fourth-order valence-electron chi connectivity index (χ4n) is 3.04. The van der Waals surface area contributed by atoms with Gasteiger partial charge in [0, 0.05) is 25.1 Å². The molecule has 0 fully saturated rings. The van der Waals surface area contributed by atoms with Crippen molar-refractivity contribution >= 4 is 23.7 Å². The first kappa shape index (κ1) is 21.3. The maximum Gasteiger partial charge on any atom is 0.217 e. The molecule has 0 heterocycles. The summed E-state index contributed by atoms with van der Waals surface area (Å²) >= 11 is 1.64. The van der Waals surface area contributed by atoms with Crippen LogP contribution in [0, 0.1) is 0 Å². The Balaban J connectivity index is 1.93. The van der Waals surface area contributed by atoms with E-state index in [1.165, 1.54) is 23.6 Å². The Morgan fingerprint density at radius 3 is 2.85 bits per heavy atom. The van der Waals surface area contributed by atoms with Gasteiger partial charge in [0.05, 0.1) is 12.6 Å². The summed E-state index contributed by atoms with van der Waals surface area (Å²) in [6, 6.07) is 6.84. The van der Waals surface area contributed by atoms with Crippen LogP contribution in [0.2, 0.25) is 0 Å². The third-order valence-electron chi connectivity index (χ3n) is 4.48. The Kier molecular flexibility index (Phi) is 8.20. The van der Waals surface area contributed by atoms with E-state index in [2.05, 4.69) is 54.1 Å². The molecule has 0 saturated heterocycles. The number of nitrogens with one attached hydrogen (secondary N) is 2. The summed E-state index contributed by atoms with van der Waals surface area (Å²) in [7, 11) is 1.99. The number of amides is 1. The average molecular weight is 387 g/mol. The first-order valence-corrected chi connectivity index (χ1v) is 10.3. The van der Waals surface area contributed by atoms with Crippen LogP contribution < -0.4 is 10.6 Å². The Labute approximate surface area is 167 Å². The van der Waals surface area contributed by atoms with Gasteiger partial charge >= 0.3 is 0 Å². The molecule has 4 nitrogen and oxygen atoms in total. The molecule has 27 heavy (non-hydrogen) atoms. The Hall–Kier alpha value is -1.98. The molecule has 2 atom stereocenters. The van der Waals surface area contributed by atoms with E-state index in [-0.39, 0.29) is 11.9 Å². The molecular formula is C22H30N2O2S. The van der Waals surface area contributed by atoms with Crippen molar-refractivity contribution in [1.29, 1.82) is 0 Å². The minimum atomic E-state index is -0.214. The Morgan fingerprint density at radius 1 is 1.41 bits per heavy atom. The van der Waals surface area contributed by atoms with Crippen LogP contribution >= 0.6 is 11.8 Å². The predicted molar refractivity (Wildman–Crippen MR) is 116 cm³/mol. The molecular weight excluding hydrogens is 356 g/mol. The lowest BCUT2D eigenvalue weighted by Crippen LogP contribution is -2.37. The zero-order chi connectivity index (χ0) is 19.8. The summed E-state index contributed by atoms with van der Waals surface area (Å²) in [6.45, 7) is 12.1. The second-order valence-electron chi connectivity index (χ2n) is 6.67. The van der Waals surface area contributed by atoms with E-state index in [0.717, 1.165) is 17.7 Å². The molecule has 5 heteroatoms. The standard InChI is InChI=1S/C22H30N2O2S/c1-6-26-16(3)22(24-17(4)25)14-27-15(2)11-18-7-8-20-13-21(23-5)10-9-19(20)12-18/h7-10,12,21-23H,2-3,6,11,13-14H2,1,4-5H3,(H,24,25). The molecule has 0 aliphatic heterocycles. The van der Waals surface area contributed by atoms with Gasteiger partial charge in [-0.3, -0.25) is 4.79 Å². The highest BCUT2D eigenvalue weighted by molar-refractivity contribution is 8.03. The fourth-order valence-corrected chi connectivity index (χ4v) is 3.99. The lowest BCUT2D eigenvalue weighted by molar-refractivity contribution is -0.119. The number of thioether (sulfide) groups is 1. The van der Waals surface area contributed by atoms with Crippen molar-refractivity contribution in [1.82, 2.24) is 10.6 Å². The number of allylic oxidation sites excluding steroid dienone is 1. The largest absolute Gasteiger partial charge is 0.497 e. The molecule has 146 valence electrons. The maximum atomic E-state index is 11.4. The SMILES string of the molecule is C=C(Cc1ccc2c(c1)C=CC(NC)C2)SCC(NC(C)=O)C(=C)OCC. The van der Waals surface area contributed by atoms with Crippen molar-refractivity contribution < 1.29 is 9.53 Å². The van der Waals surface area contributed by atoms with Crippen LogP contribution in [0.3, 0.4) is 0 Å². The zero-order valence-corrected chi connectivity index (χ0v) is 17.3. The van der Waals surface area contributed by atoms with E-state index in [1.807, 2.05) is 14.0 Å². The minimum absolute atomic E-state index is 0.0894. The normalized spacial score (nSPS) is 16.3. The summed E-state index contributed by atoms with van der Waals surface area (Å²) in [5, 5.41) is 6.19. The second-order valence-corrected chi connectivity index (χ2v) is 7.87. The van der Waals surface area contributed by atoms with Gasteiger partial charge in [0.15, 0.2) is 0 Å². The number of benzene rings is 1. The molecule has 0 bridgehead atoms. The van der Waals surface area contributed by atoms with Crippen LogP contribution in [-0.2, 0) is 22.4 Å². The van der Waals surface area contributed by atoms with Crippen molar-refractivity contribution in [3.05, 3.63) is 64.8 Å². The smallest absolute Gasteiger partial charge is 0.217 e. The number of rotatable bonds is 10. The van der Waals surface area contributed by atoms with Gasteiger partial charge in [-0.2, -0.15) is 0 Å². The van der Waals surface area contributed by atoms with Gasteiger partial charge in [-0.25, -0.2) is 0 Å². The molecule has 1 aliphatic rings. The predicted octanol–water partition coefficient (Wildman–Crippen LogP) is 3.69. The highest BCUT2D eigenvalue weighted by Crippen LogP contribution is 2.25. The van der Waals surface area contributed by atoms with Gasteiger partial charge in [-0.1, -0.05) is 43.5 Å². The molecule has 2 rings (SSSR count). The summed E-state index contributed by atoms with van der Waals surface area (Å²) < 4.78 is 5.47. The average Bonchev–Trinajstić information content (AvgIpc) is 2.64. The van der Waals surface area contributed by atoms with Crippen molar-refractivity contribution in [2.24, 2.45) is 0 Å².